The first-order chi connectivity index (χ1) is 8.58. The van der Waals surface area contributed by atoms with Gasteiger partial charge < -0.3 is 4.90 Å². The number of aryl methyl sites for hydroxylation is 2. The Morgan fingerprint density at radius 1 is 1.17 bits per heavy atom. The van der Waals surface area contributed by atoms with Crippen LogP contribution in [0.2, 0.25) is 0 Å². The largest absolute Gasteiger partial charge is 0.374 e. The van der Waals surface area contributed by atoms with Crippen LogP contribution in [0.25, 0.3) is 0 Å². The highest BCUT2D eigenvalue weighted by Crippen LogP contribution is 2.23. The average Bonchev–Trinajstić information content (AvgIpc) is 2.34. The molecule has 0 bridgehead atoms. The normalized spacial score (nSPS) is 12.5. The summed E-state index contributed by atoms with van der Waals surface area (Å²) >= 11 is 0. The molecule has 0 aromatic heterocycles. The molecule has 0 fully saturated rings. The van der Waals surface area contributed by atoms with Crippen molar-refractivity contribution in [1.29, 1.82) is 0 Å². The van der Waals surface area contributed by atoms with Crippen molar-refractivity contribution in [3.63, 3.8) is 0 Å². The first-order valence-corrected chi connectivity index (χ1v) is 7.36. The molecule has 0 saturated heterocycles. The predicted molar refractivity (Wildman–Crippen MR) is 82.5 cm³/mol. The van der Waals surface area contributed by atoms with Crippen LogP contribution >= 0.6 is 0 Å². The van der Waals surface area contributed by atoms with E-state index in [1.54, 1.807) is 0 Å². The van der Waals surface area contributed by atoms with Gasteiger partial charge in [0, 0.05) is 19.3 Å². The summed E-state index contributed by atoms with van der Waals surface area (Å²) in [5.74, 6) is 0.829. The third-order valence-electron chi connectivity index (χ3n) is 3.84. The number of rotatable bonds is 7. The second-order valence-corrected chi connectivity index (χ2v) is 5.59. The molecule has 1 aromatic carbocycles. The summed E-state index contributed by atoms with van der Waals surface area (Å²) in [7, 11) is 2.23. The minimum Gasteiger partial charge on any atom is -0.374 e. The molecule has 1 unspecified atom stereocenters. The minimum absolute atomic E-state index is 0.829. The zero-order chi connectivity index (χ0) is 13.5. The summed E-state index contributed by atoms with van der Waals surface area (Å²) < 4.78 is 0. The zero-order valence-corrected chi connectivity index (χ0v) is 12.8. The molecule has 1 aromatic rings. The fourth-order valence-electron chi connectivity index (χ4n) is 2.64. The molecule has 0 spiro atoms. The summed E-state index contributed by atoms with van der Waals surface area (Å²) in [6, 6.07) is 6.75. The van der Waals surface area contributed by atoms with Crippen LogP contribution in [0.15, 0.2) is 18.2 Å². The topological polar surface area (TPSA) is 3.24 Å². The number of hydrogen-bond donors (Lipinski definition) is 0. The van der Waals surface area contributed by atoms with Gasteiger partial charge in [-0.25, -0.2) is 0 Å². The van der Waals surface area contributed by atoms with Gasteiger partial charge in [0.25, 0.3) is 0 Å². The molecule has 102 valence electrons. The zero-order valence-electron chi connectivity index (χ0n) is 12.8. The third-order valence-corrected chi connectivity index (χ3v) is 3.84. The maximum atomic E-state index is 2.43. The van der Waals surface area contributed by atoms with Crippen molar-refractivity contribution in [3.8, 4) is 0 Å². The van der Waals surface area contributed by atoms with Gasteiger partial charge in [-0.15, -0.1) is 0 Å². The van der Waals surface area contributed by atoms with E-state index in [9.17, 15) is 0 Å². The van der Waals surface area contributed by atoms with Gasteiger partial charge in [-0.3, -0.25) is 0 Å². The molecule has 0 aliphatic carbocycles. The number of hydrogen-bond acceptors (Lipinski definition) is 1. The fraction of sp³-hybridized carbons (Fsp3) is 0.647. The molecular weight excluding hydrogens is 218 g/mol. The van der Waals surface area contributed by atoms with Gasteiger partial charge in [0.05, 0.1) is 0 Å². The second kappa shape index (κ2) is 7.45. The summed E-state index contributed by atoms with van der Waals surface area (Å²) in [6.07, 6.45) is 5.32. The first kappa shape index (κ1) is 15.1. The van der Waals surface area contributed by atoms with E-state index in [-0.39, 0.29) is 0 Å². The van der Waals surface area contributed by atoms with Crippen molar-refractivity contribution in [3.05, 3.63) is 29.3 Å². The van der Waals surface area contributed by atoms with Gasteiger partial charge in [0.15, 0.2) is 0 Å². The van der Waals surface area contributed by atoms with Crippen LogP contribution in [-0.4, -0.2) is 13.6 Å². The highest BCUT2D eigenvalue weighted by Gasteiger charge is 2.11. The van der Waals surface area contributed by atoms with E-state index in [1.807, 2.05) is 0 Å². The van der Waals surface area contributed by atoms with Gasteiger partial charge in [-0.2, -0.15) is 0 Å². The molecule has 0 heterocycles. The Morgan fingerprint density at radius 2 is 1.89 bits per heavy atom. The number of unbranched alkanes of at least 4 members (excludes halogenated alkanes) is 1. The highest BCUT2D eigenvalue weighted by molar-refractivity contribution is 5.53. The SMILES string of the molecule is CCCCC(CC)CN(C)c1ccc(C)cc1C. The van der Waals surface area contributed by atoms with Crippen LogP contribution in [-0.2, 0) is 0 Å². The Hall–Kier alpha value is -0.980. The number of benzene rings is 1. The maximum Gasteiger partial charge on any atom is 0.0393 e. The molecule has 1 atom stereocenters. The molecule has 18 heavy (non-hydrogen) atoms. The molecule has 0 amide bonds. The number of anilines is 1. The Balaban J connectivity index is 2.65. The Labute approximate surface area is 113 Å². The van der Waals surface area contributed by atoms with Gasteiger partial charge in [0.1, 0.15) is 0 Å². The molecule has 1 heteroatoms. The summed E-state index contributed by atoms with van der Waals surface area (Å²) in [5.41, 5.74) is 4.13. The standard InChI is InChI=1S/C17H29N/c1-6-8-9-16(7-2)13-18(5)17-11-10-14(3)12-15(17)4/h10-12,16H,6-9,13H2,1-5H3. The van der Waals surface area contributed by atoms with Gasteiger partial charge in [-0.1, -0.05) is 50.8 Å². The Kier molecular flexibility index (Phi) is 6.24. The van der Waals surface area contributed by atoms with Crippen LogP contribution in [0.5, 0.6) is 0 Å². The van der Waals surface area contributed by atoms with Crippen molar-refractivity contribution in [2.24, 2.45) is 5.92 Å². The molecule has 0 aliphatic heterocycles. The lowest BCUT2D eigenvalue weighted by molar-refractivity contribution is 0.453. The Morgan fingerprint density at radius 3 is 2.44 bits per heavy atom. The van der Waals surface area contributed by atoms with Crippen molar-refractivity contribution in [2.75, 3.05) is 18.5 Å². The summed E-state index contributed by atoms with van der Waals surface area (Å²) in [6.45, 7) is 10.1. The predicted octanol–water partition coefficient (Wildman–Crippen LogP) is 4.96. The van der Waals surface area contributed by atoms with E-state index in [4.69, 9.17) is 0 Å². The summed E-state index contributed by atoms with van der Waals surface area (Å²) in [5, 5.41) is 0. The minimum atomic E-state index is 0.829. The fourth-order valence-corrected chi connectivity index (χ4v) is 2.64. The monoisotopic (exact) mass is 247 g/mol. The van der Waals surface area contributed by atoms with Crippen LogP contribution in [0.3, 0.4) is 0 Å². The summed E-state index contributed by atoms with van der Waals surface area (Å²) in [4.78, 5) is 2.43. The molecule has 0 N–H and O–H groups in total. The lowest BCUT2D eigenvalue weighted by Crippen LogP contribution is -2.25. The van der Waals surface area contributed by atoms with E-state index in [0.717, 1.165) is 5.92 Å². The van der Waals surface area contributed by atoms with E-state index in [0.29, 0.717) is 0 Å². The van der Waals surface area contributed by atoms with E-state index >= 15 is 0 Å². The molecular formula is C17H29N. The molecule has 0 saturated carbocycles. The molecule has 1 rings (SSSR count). The van der Waals surface area contributed by atoms with Crippen molar-refractivity contribution in [2.45, 2.75) is 53.4 Å². The maximum absolute atomic E-state index is 2.43. The van der Waals surface area contributed by atoms with Crippen LogP contribution in [0.4, 0.5) is 5.69 Å². The quantitative estimate of drug-likeness (QED) is 0.658. The highest BCUT2D eigenvalue weighted by atomic mass is 15.1. The molecule has 1 nitrogen and oxygen atoms in total. The molecule has 0 radical (unpaired) electrons. The van der Waals surface area contributed by atoms with Crippen LogP contribution in [0.1, 0.15) is 50.7 Å². The van der Waals surface area contributed by atoms with Gasteiger partial charge >= 0.3 is 0 Å². The van der Waals surface area contributed by atoms with Crippen molar-refractivity contribution in [1.82, 2.24) is 0 Å². The van der Waals surface area contributed by atoms with Gasteiger partial charge in [-0.05, 0) is 37.8 Å². The van der Waals surface area contributed by atoms with Crippen molar-refractivity contribution < 1.29 is 0 Å². The molecule has 0 aliphatic rings. The first-order valence-electron chi connectivity index (χ1n) is 7.36. The lowest BCUT2D eigenvalue weighted by Gasteiger charge is -2.26. The number of nitrogens with zero attached hydrogens (tertiary/aromatic N) is 1. The third kappa shape index (κ3) is 4.36. The smallest absolute Gasteiger partial charge is 0.0393 e. The van der Waals surface area contributed by atoms with E-state index in [2.05, 4.69) is 57.8 Å². The van der Waals surface area contributed by atoms with E-state index < -0.39 is 0 Å². The second-order valence-electron chi connectivity index (χ2n) is 5.59. The Bertz CT molecular complexity index is 357. The van der Waals surface area contributed by atoms with Crippen LogP contribution in [0, 0.1) is 19.8 Å². The van der Waals surface area contributed by atoms with E-state index in [1.165, 1.54) is 49.0 Å². The average molecular weight is 247 g/mol. The van der Waals surface area contributed by atoms with Crippen molar-refractivity contribution >= 4 is 5.69 Å². The van der Waals surface area contributed by atoms with Crippen LogP contribution < -0.4 is 4.90 Å². The lowest BCUT2D eigenvalue weighted by atomic mass is 9.98. The van der Waals surface area contributed by atoms with Gasteiger partial charge in [0.2, 0.25) is 0 Å².